The first-order valence-corrected chi connectivity index (χ1v) is 10.6. The van der Waals surface area contributed by atoms with Crippen LogP contribution >= 0.6 is 0 Å². The first kappa shape index (κ1) is 20.6. The van der Waals surface area contributed by atoms with Crippen molar-refractivity contribution >= 4 is 11.9 Å². The van der Waals surface area contributed by atoms with Gasteiger partial charge in [-0.25, -0.2) is 10.2 Å². The van der Waals surface area contributed by atoms with E-state index in [1.54, 1.807) is 12.1 Å². The van der Waals surface area contributed by atoms with Crippen LogP contribution in [-0.2, 0) is 22.4 Å². The molecule has 2 aliphatic rings. The molecule has 2 saturated heterocycles. The molecular formula is C24H28N2O4. The molecule has 2 aliphatic heterocycles. The molecule has 2 bridgehead atoms. The molecule has 158 valence electrons. The van der Waals surface area contributed by atoms with Gasteiger partial charge in [0.25, 0.3) is 0 Å². The lowest BCUT2D eigenvalue weighted by molar-refractivity contribution is -0.121. The fourth-order valence-electron chi connectivity index (χ4n) is 4.79. The topological polar surface area (TPSA) is 87.7 Å². The average Bonchev–Trinajstić information content (AvgIpc) is 3.35. The van der Waals surface area contributed by atoms with Crippen molar-refractivity contribution in [3.8, 4) is 0 Å². The summed E-state index contributed by atoms with van der Waals surface area (Å²) >= 11 is 0. The molecule has 0 spiro atoms. The maximum absolute atomic E-state index is 12.2. The molecule has 4 rings (SSSR count). The van der Waals surface area contributed by atoms with Crippen LogP contribution < -0.4 is 10.9 Å². The fourth-order valence-corrected chi connectivity index (χ4v) is 4.79. The minimum atomic E-state index is -0.900. The number of rotatable bonds is 9. The summed E-state index contributed by atoms with van der Waals surface area (Å²) < 4.78 is 6.16. The SMILES string of the molecule is O=C(Cc1ccccc1)NNCC1C2CCC(O2)C1CCc1ccc(C(=O)O)cc1. The number of amides is 1. The van der Waals surface area contributed by atoms with E-state index in [-0.39, 0.29) is 12.0 Å². The van der Waals surface area contributed by atoms with Crippen LogP contribution in [0.2, 0.25) is 0 Å². The van der Waals surface area contributed by atoms with Gasteiger partial charge in [-0.05, 0) is 54.9 Å². The Morgan fingerprint density at radius 2 is 1.63 bits per heavy atom. The van der Waals surface area contributed by atoms with Gasteiger partial charge in [-0.15, -0.1) is 0 Å². The number of hydrogen-bond donors (Lipinski definition) is 3. The summed E-state index contributed by atoms with van der Waals surface area (Å²) in [4.78, 5) is 23.2. The molecule has 2 fully saturated rings. The van der Waals surface area contributed by atoms with Gasteiger partial charge in [-0.1, -0.05) is 42.5 Å². The van der Waals surface area contributed by atoms with E-state index in [0.29, 0.717) is 36.5 Å². The van der Waals surface area contributed by atoms with Crippen LogP contribution in [0, 0.1) is 11.8 Å². The van der Waals surface area contributed by atoms with Crippen molar-refractivity contribution in [1.29, 1.82) is 0 Å². The van der Waals surface area contributed by atoms with Gasteiger partial charge in [0.15, 0.2) is 0 Å². The number of hydrazine groups is 1. The second kappa shape index (κ2) is 9.41. The number of aryl methyl sites for hydroxylation is 1. The molecule has 4 unspecified atom stereocenters. The number of carbonyl (C=O) groups is 2. The zero-order valence-corrected chi connectivity index (χ0v) is 16.9. The third-order valence-electron chi connectivity index (χ3n) is 6.33. The van der Waals surface area contributed by atoms with Crippen LogP contribution in [0.25, 0.3) is 0 Å². The first-order chi connectivity index (χ1) is 14.6. The summed E-state index contributed by atoms with van der Waals surface area (Å²) in [5.74, 6) is -0.121. The Balaban J connectivity index is 1.27. The van der Waals surface area contributed by atoms with Crippen LogP contribution in [0.1, 0.15) is 40.7 Å². The Hall–Kier alpha value is -2.70. The van der Waals surface area contributed by atoms with E-state index >= 15 is 0 Å². The molecule has 0 radical (unpaired) electrons. The Morgan fingerprint density at radius 3 is 2.33 bits per heavy atom. The van der Waals surface area contributed by atoms with E-state index in [9.17, 15) is 9.59 Å². The predicted octanol–water partition coefficient (Wildman–Crippen LogP) is 2.97. The van der Waals surface area contributed by atoms with Gasteiger partial charge in [0, 0.05) is 12.5 Å². The molecule has 0 aromatic heterocycles. The quantitative estimate of drug-likeness (QED) is 0.555. The monoisotopic (exact) mass is 408 g/mol. The van der Waals surface area contributed by atoms with Gasteiger partial charge in [0.05, 0.1) is 24.2 Å². The fraction of sp³-hybridized carbons (Fsp3) is 0.417. The number of fused-ring (bicyclic) bond motifs is 2. The molecule has 0 saturated carbocycles. The standard InChI is InChI=1S/C24H28N2O4/c27-23(14-17-4-2-1-3-5-17)26-25-15-20-19(21-12-13-22(20)30-21)11-8-16-6-9-18(10-7-16)24(28)29/h1-7,9-10,19-22,25H,8,11-15H2,(H,26,27)(H,28,29). The van der Waals surface area contributed by atoms with Gasteiger partial charge in [-0.2, -0.15) is 0 Å². The van der Waals surface area contributed by atoms with Gasteiger partial charge < -0.3 is 9.84 Å². The normalized spacial score (nSPS) is 24.7. The number of carbonyl (C=O) groups excluding carboxylic acids is 1. The largest absolute Gasteiger partial charge is 0.478 e. The van der Waals surface area contributed by atoms with Crippen LogP contribution in [0.5, 0.6) is 0 Å². The van der Waals surface area contributed by atoms with Crippen molar-refractivity contribution < 1.29 is 19.4 Å². The minimum absolute atomic E-state index is 0.0413. The second-order valence-electron chi connectivity index (χ2n) is 8.25. The highest BCUT2D eigenvalue weighted by atomic mass is 16.5. The summed E-state index contributed by atoms with van der Waals surface area (Å²) in [5.41, 5.74) is 8.42. The Labute approximate surface area is 176 Å². The highest BCUT2D eigenvalue weighted by Gasteiger charge is 2.48. The average molecular weight is 408 g/mol. The Bertz CT molecular complexity index is 869. The van der Waals surface area contributed by atoms with Gasteiger partial charge in [-0.3, -0.25) is 10.2 Å². The molecule has 2 aromatic rings. The lowest BCUT2D eigenvalue weighted by atomic mass is 9.76. The molecule has 3 N–H and O–H groups in total. The molecule has 6 heteroatoms. The van der Waals surface area contributed by atoms with Crippen LogP contribution in [0.3, 0.4) is 0 Å². The van der Waals surface area contributed by atoms with Gasteiger partial charge in [0.2, 0.25) is 5.91 Å². The van der Waals surface area contributed by atoms with Crippen LogP contribution in [0.4, 0.5) is 0 Å². The summed E-state index contributed by atoms with van der Waals surface area (Å²) in [5, 5.41) is 9.04. The van der Waals surface area contributed by atoms with Crippen molar-refractivity contribution in [2.24, 2.45) is 11.8 Å². The summed E-state index contributed by atoms with van der Waals surface area (Å²) in [6.45, 7) is 0.699. The number of ether oxygens (including phenoxy) is 1. The minimum Gasteiger partial charge on any atom is -0.478 e. The molecule has 2 heterocycles. The van der Waals surface area contributed by atoms with E-state index in [0.717, 1.165) is 36.8 Å². The Kier molecular flexibility index (Phi) is 6.45. The highest BCUT2D eigenvalue weighted by Crippen LogP contribution is 2.45. The van der Waals surface area contributed by atoms with E-state index in [2.05, 4.69) is 10.9 Å². The Morgan fingerprint density at radius 1 is 0.933 bits per heavy atom. The van der Waals surface area contributed by atoms with Gasteiger partial charge >= 0.3 is 5.97 Å². The smallest absolute Gasteiger partial charge is 0.335 e. The predicted molar refractivity (Wildman–Crippen MR) is 113 cm³/mol. The van der Waals surface area contributed by atoms with Crippen LogP contribution in [-0.4, -0.2) is 35.7 Å². The lowest BCUT2D eigenvalue weighted by Gasteiger charge is -2.28. The maximum atomic E-state index is 12.2. The third-order valence-corrected chi connectivity index (χ3v) is 6.33. The van der Waals surface area contributed by atoms with E-state index in [1.807, 2.05) is 42.5 Å². The summed E-state index contributed by atoms with van der Waals surface area (Å²) in [6.07, 6.45) is 4.99. The first-order valence-electron chi connectivity index (χ1n) is 10.6. The molecule has 2 aromatic carbocycles. The molecular weight excluding hydrogens is 380 g/mol. The number of aromatic carboxylic acids is 1. The maximum Gasteiger partial charge on any atom is 0.335 e. The highest BCUT2D eigenvalue weighted by molar-refractivity contribution is 5.87. The zero-order chi connectivity index (χ0) is 20.9. The summed E-state index contributed by atoms with van der Waals surface area (Å²) in [6, 6.07) is 16.8. The third kappa shape index (κ3) is 4.89. The van der Waals surface area contributed by atoms with Crippen LogP contribution in [0.15, 0.2) is 54.6 Å². The van der Waals surface area contributed by atoms with Crippen molar-refractivity contribution in [1.82, 2.24) is 10.9 Å². The molecule has 6 nitrogen and oxygen atoms in total. The van der Waals surface area contributed by atoms with E-state index < -0.39 is 5.97 Å². The van der Waals surface area contributed by atoms with Crippen molar-refractivity contribution in [3.63, 3.8) is 0 Å². The lowest BCUT2D eigenvalue weighted by Crippen LogP contribution is -2.44. The second-order valence-corrected chi connectivity index (χ2v) is 8.25. The van der Waals surface area contributed by atoms with E-state index in [1.165, 1.54) is 0 Å². The number of benzene rings is 2. The molecule has 30 heavy (non-hydrogen) atoms. The number of hydrogen-bond acceptors (Lipinski definition) is 4. The number of carboxylic acids is 1. The number of nitrogens with one attached hydrogen (secondary N) is 2. The molecule has 0 aliphatic carbocycles. The van der Waals surface area contributed by atoms with E-state index in [4.69, 9.17) is 9.84 Å². The van der Waals surface area contributed by atoms with Crippen molar-refractivity contribution in [2.45, 2.75) is 44.3 Å². The van der Waals surface area contributed by atoms with Crippen molar-refractivity contribution in [2.75, 3.05) is 6.54 Å². The molecule has 4 atom stereocenters. The van der Waals surface area contributed by atoms with Crippen molar-refractivity contribution in [3.05, 3.63) is 71.3 Å². The zero-order valence-electron chi connectivity index (χ0n) is 16.9. The van der Waals surface area contributed by atoms with Gasteiger partial charge in [0.1, 0.15) is 0 Å². The molecule has 1 amide bonds. The summed E-state index contributed by atoms with van der Waals surface area (Å²) in [7, 11) is 0. The number of carboxylic acid groups (broad SMARTS) is 1.